The number of rotatable bonds is 10. The van der Waals surface area contributed by atoms with Crippen LogP contribution in [-0.2, 0) is 27.3 Å². The first kappa shape index (κ1) is 27.2. The molecule has 1 aromatic heterocycles. The van der Waals surface area contributed by atoms with E-state index in [9.17, 15) is 9.59 Å². The first-order chi connectivity index (χ1) is 18.3. The average molecular weight is 521 g/mol. The Kier molecular flexibility index (Phi) is 9.05. The van der Waals surface area contributed by atoms with Gasteiger partial charge in [-0.05, 0) is 61.9 Å². The summed E-state index contributed by atoms with van der Waals surface area (Å²) in [6.07, 6.45) is 0.262. The molecule has 0 unspecified atom stereocenters. The van der Waals surface area contributed by atoms with E-state index in [2.05, 4.69) is 4.98 Å². The van der Waals surface area contributed by atoms with Gasteiger partial charge < -0.3 is 23.5 Å². The monoisotopic (exact) mass is 520 g/mol. The lowest BCUT2D eigenvalue weighted by molar-refractivity contribution is -0.148. The molecular formula is C30H36N2O6. The van der Waals surface area contributed by atoms with Crippen LogP contribution in [0.3, 0.4) is 0 Å². The number of aromatic nitrogens is 1. The molecule has 1 fully saturated rings. The minimum Gasteiger partial charge on any atom is -0.487 e. The average Bonchev–Trinajstić information content (AvgIpc) is 3.51. The Balaban J connectivity index is 1.36. The summed E-state index contributed by atoms with van der Waals surface area (Å²) in [6, 6.07) is 17.6. The van der Waals surface area contributed by atoms with E-state index in [1.54, 1.807) is 11.8 Å². The maximum atomic E-state index is 12.6. The second kappa shape index (κ2) is 12.6. The van der Waals surface area contributed by atoms with Crippen molar-refractivity contribution < 1.29 is 28.2 Å². The smallest absolute Gasteiger partial charge is 0.409 e. The molecule has 2 heterocycles. The number of esters is 1. The second-order valence-corrected chi connectivity index (χ2v) is 10.0. The molecule has 202 valence electrons. The Bertz CT molecular complexity index is 1210. The van der Waals surface area contributed by atoms with Crippen LogP contribution in [0.5, 0.6) is 5.75 Å². The fourth-order valence-corrected chi connectivity index (χ4v) is 4.52. The van der Waals surface area contributed by atoms with Crippen molar-refractivity contribution in [1.29, 1.82) is 0 Å². The molecule has 0 bridgehead atoms. The zero-order valence-corrected chi connectivity index (χ0v) is 22.5. The van der Waals surface area contributed by atoms with E-state index in [4.69, 9.17) is 18.6 Å². The summed E-state index contributed by atoms with van der Waals surface area (Å²) in [5, 5.41) is 0. The molecule has 0 saturated carbocycles. The van der Waals surface area contributed by atoms with Crippen molar-refractivity contribution in [1.82, 2.24) is 9.88 Å². The predicted molar refractivity (Wildman–Crippen MR) is 143 cm³/mol. The largest absolute Gasteiger partial charge is 0.487 e. The summed E-state index contributed by atoms with van der Waals surface area (Å²) in [6.45, 7) is 9.37. The summed E-state index contributed by atoms with van der Waals surface area (Å²) in [5.74, 6) is 1.56. The quantitative estimate of drug-likeness (QED) is 0.318. The van der Waals surface area contributed by atoms with Crippen LogP contribution in [0, 0.1) is 24.7 Å². The van der Waals surface area contributed by atoms with Crippen molar-refractivity contribution in [3.63, 3.8) is 0 Å². The molecule has 1 aliphatic heterocycles. The fraction of sp³-hybridized carbons (Fsp3) is 0.433. The highest BCUT2D eigenvalue weighted by Gasteiger charge is 2.41. The molecule has 0 radical (unpaired) electrons. The van der Waals surface area contributed by atoms with Crippen LogP contribution in [0.2, 0.25) is 0 Å². The Labute approximate surface area is 223 Å². The first-order valence-corrected chi connectivity index (χ1v) is 13.2. The summed E-state index contributed by atoms with van der Waals surface area (Å²) in [5.41, 5.74) is 2.73. The van der Waals surface area contributed by atoms with Gasteiger partial charge in [0.2, 0.25) is 5.89 Å². The van der Waals surface area contributed by atoms with Gasteiger partial charge in [-0.3, -0.25) is 4.79 Å². The van der Waals surface area contributed by atoms with Crippen LogP contribution in [0.15, 0.2) is 59.0 Å². The molecule has 3 aromatic rings. The number of nitrogens with zero attached hydrogens (tertiary/aromatic N) is 2. The third kappa shape index (κ3) is 6.94. The number of oxazole rings is 1. The van der Waals surface area contributed by atoms with Gasteiger partial charge >= 0.3 is 12.1 Å². The van der Waals surface area contributed by atoms with Crippen molar-refractivity contribution in [3.05, 3.63) is 71.6 Å². The van der Waals surface area contributed by atoms with Crippen molar-refractivity contribution >= 4 is 12.1 Å². The molecule has 8 nitrogen and oxygen atoms in total. The van der Waals surface area contributed by atoms with Crippen molar-refractivity contribution in [2.24, 2.45) is 17.8 Å². The van der Waals surface area contributed by atoms with Crippen LogP contribution in [0.1, 0.15) is 37.8 Å². The number of likely N-dealkylation sites (tertiary alicyclic amines) is 1. The number of amides is 1. The summed E-state index contributed by atoms with van der Waals surface area (Å²) in [7, 11) is 0. The molecule has 0 N–H and O–H groups in total. The lowest BCUT2D eigenvalue weighted by atomic mass is 9.90. The number of carbonyl (C=O) groups excluding carboxylic acids is 2. The normalized spacial score (nSPS) is 17.0. The minimum atomic E-state index is -0.383. The van der Waals surface area contributed by atoms with E-state index in [-0.39, 0.29) is 29.8 Å². The lowest BCUT2D eigenvalue weighted by Crippen LogP contribution is -2.31. The van der Waals surface area contributed by atoms with Crippen LogP contribution < -0.4 is 4.74 Å². The van der Waals surface area contributed by atoms with Gasteiger partial charge in [0.25, 0.3) is 0 Å². The van der Waals surface area contributed by atoms with Crippen LogP contribution in [0.4, 0.5) is 4.79 Å². The zero-order chi connectivity index (χ0) is 27.1. The summed E-state index contributed by atoms with van der Waals surface area (Å²) >= 11 is 0. The minimum absolute atomic E-state index is 0.0541. The van der Waals surface area contributed by atoms with Crippen LogP contribution in [0.25, 0.3) is 11.5 Å². The van der Waals surface area contributed by atoms with Crippen LogP contribution in [-0.4, -0.2) is 48.2 Å². The Morgan fingerprint density at radius 1 is 1.05 bits per heavy atom. The van der Waals surface area contributed by atoms with Gasteiger partial charge in [-0.1, -0.05) is 44.2 Å². The number of hydrogen-bond acceptors (Lipinski definition) is 7. The predicted octanol–water partition coefficient (Wildman–Crippen LogP) is 5.68. The van der Waals surface area contributed by atoms with Crippen molar-refractivity contribution in [2.45, 2.75) is 40.7 Å². The number of carbonyl (C=O) groups is 2. The van der Waals surface area contributed by atoms with E-state index >= 15 is 0 Å². The molecule has 1 amide bonds. The molecule has 38 heavy (non-hydrogen) atoms. The molecule has 2 atom stereocenters. The van der Waals surface area contributed by atoms with Crippen molar-refractivity contribution in [3.8, 4) is 17.2 Å². The molecule has 8 heteroatoms. The van der Waals surface area contributed by atoms with Crippen molar-refractivity contribution in [2.75, 3.05) is 26.3 Å². The highest BCUT2D eigenvalue weighted by atomic mass is 16.6. The van der Waals surface area contributed by atoms with Gasteiger partial charge in [-0.2, -0.15) is 0 Å². The Morgan fingerprint density at radius 3 is 2.47 bits per heavy atom. The highest BCUT2D eigenvalue weighted by molar-refractivity contribution is 5.76. The zero-order valence-electron chi connectivity index (χ0n) is 22.5. The Hall–Kier alpha value is -3.81. The molecule has 4 rings (SSSR count). The molecule has 0 spiro atoms. The van der Waals surface area contributed by atoms with E-state index in [0.29, 0.717) is 51.0 Å². The number of ether oxygens (including phenoxy) is 3. The van der Waals surface area contributed by atoms with Gasteiger partial charge in [0.1, 0.15) is 23.8 Å². The number of aryl methyl sites for hydroxylation is 1. The molecule has 1 aliphatic rings. The first-order valence-electron chi connectivity index (χ1n) is 13.2. The topological polar surface area (TPSA) is 91.1 Å². The van der Waals surface area contributed by atoms with E-state index < -0.39 is 0 Å². The number of hydrogen-bond donors (Lipinski definition) is 0. The third-order valence-electron chi connectivity index (χ3n) is 6.54. The number of benzene rings is 2. The maximum absolute atomic E-state index is 12.6. The standard InChI is InChI=1S/C30H36N2O6/c1-5-35-29(33)26-17-32(30(34)37-18-20(2)3)16-24(26)15-22-11-13-25(14-12-22)36-19-27-21(4)38-28(31-27)23-9-7-6-8-10-23/h6-14,20,24,26H,5,15-19H2,1-4H3/t24-,26+/m1/s1. The van der Waals surface area contributed by atoms with Gasteiger partial charge in [-0.15, -0.1) is 0 Å². The third-order valence-corrected chi connectivity index (χ3v) is 6.54. The SMILES string of the molecule is CCOC(=O)[C@H]1CN(C(=O)OCC(C)C)C[C@H]1Cc1ccc(OCc2nc(-c3ccccc3)oc2C)cc1. The lowest BCUT2D eigenvalue weighted by Gasteiger charge is -2.17. The Morgan fingerprint density at radius 2 is 1.79 bits per heavy atom. The van der Waals surface area contributed by atoms with Gasteiger partial charge in [-0.25, -0.2) is 9.78 Å². The van der Waals surface area contributed by atoms with Crippen LogP contribution >= 0.6 is 0 Å². The molecule has 0 aliphatic carbocycles. The fourth-order valence-electron chi connectivity index (χ4n) is 4.52. The highest BCUT2D eigenvalue weighted by Crippen LogP contribution is 2.30. The summed E-state index contributed by atoms with van der Waals surface area (Å²) < 4.78 is 22.5. The maximum Gasteiger partial charge on any atom is 0.409 e. The molecule has 1 saturated heterocycles. The van der Waals surface area contributed by atoms with Gasteiger partial charge in [0, 0.05) is 18.7 Å². The van der Waals surface area contributed by atoms with E-state index in [1.165, 1.54) is 0 Å². The van der Waals surface area contributed by atoms with E-state index in [1.807, 2.05) is 75.4 Å². The molecule has 2 aromatic carbocycles. The second-order valence-electron chi connectivity index (χ2n) is 10.0. The van der Waals surface area contributed by atoms with E-state index in [0.717, 1.165) is 22.6 Å². The van der Waals surface area contributed by atoms with Gasteiger partial charge in [0.15, 0.2) is 0 Å². The molecular weight excluding hydrogens is 484 g/mol. The van der Waals surface area contributed by atoms with Gasteiger partial charge in [0.05, 0.1) is 19.1 Å². The summed E-state index contributed by atoms with van der Waals surface area (Å²) in [4.78, 5) is 31.4.